The number of hydrogen-bond acceptors (Lipinski definition) is 4. The number of aryl methyl sites for hydroxylation is 1. The Kier molecular flexibility index (Phi) is 4.66. The fourth-order valence-electron chi connectivity index (χ4n) is 1.92. The zero-order valence-corrected chi connectivity index (χ0v) is 11.8. The van der Waals surface area contributed by atoms with Crippen LogP contribution in [0.15, 0.2) is 42.5 Å². The van der Waals surface area contributed by atoms with Crippen molar-refractivity contribution in [3.63, 3.8) is 0 Å². The van der Waals surface area contributed by atoms with Crippen LogP contribution in [-0.4, -0.2) is 16.7 Å². The van der Waals surface area contributed by atoms with Crippen molar-refractivity contribution in [2.24, 2.45) is 0 Å². The molecule has 0 radical (unpaired) electrons. The van der Waals surface area contributed by atoms with Gasteiger partial charge in [-0.25, -0.2) is 4.98 Å². The molecule has 0 bridgehead atoms. The van der Waals surface area contributed by atoms with E-state index < -0.39 is 0 Å². The van der Waals surface area contributed by atoms with Gasteiger partial charge in [-0.05, 0) is 19.1 Å². The number of nitrogens with one attached hydrogen (secondary N) is 1. The van der Waals surface area contributed by atoms with E-state index in [9.17, 15) is 9.59 Å². The number of hydrogen-bond donors (Lipinski definition) is 2. The van der Waals surface area contributed by atoms with Crippen molar-refractivity contribution in [3.05, 3.63) is 53.7 Å². The van der Waals surface area contributed by atoms with Gasteiger partial charge in [0.25, 0.3) is 0 Å². The smallest absolute Gasteiger partial charge is 0.224 e. The Hall–Kier alpha value is -2.69. The van der Waals surface area contributed by atoms with E-state index in [4.69, 9.17) is 5.73 Å². The van der Waals surface area contributed by atoms with Crippen LogP contribution in [0.1, 0.15) is 28.9 Å². The van der Waals surface area contributed by atoms with Crippen molar-refractivity contribution < 1.29 is 9.59 Å². The van der Waals surface area contributed by atoms with Crippen LogP contribution in [0.3, 0.4) is 0 Å². The molecule has 0 aliphatic carbocycles. The Morgan fingerprint density at radius 3 is 2.48 bits per heavy atom. The number of rotatable bonds is 5. The van der Waals surface area contributed by atoms with Crippen molar-refractivity contribution in [1.82, 2.24) is 4.98 Å². The van der Waals surface area contributed by atoms with Crippen molar-refractivity contribution in [3.8, 4) is 0 Å². The molecule has 0 aliphatic rings. The van der Waals surface area contributed by atoms with Gasteiger partial charge in [0.05, 0.1) is 11.4 Å². The summed E-state index contributed by atoms with van der Waals surface area (Å²) >= 11 is 0. The summed E-state index contributed by atoms with van der Waals surface area (Å²) in [6.07, 6.45) is 0.314. The molecule has 1 aromatic heterocycles. The van der Waals surface area contributed by atoms with Crippen LogP contribution in [0.5, 0.6) is 0 Å². The van der Waals surface area contributed by atoms with E-state index >= 15 is 0 Å². The highest BCUT2D eigenvalue weighted by Crippen LogP contribution is 2.14. The second-order valence-corrected chi connectivity index (χ2v) is 4.71. The molecular weight excluding hydrogens is 266 g/mol. The molecule has 3 N–H and O–H groups in total. The zero-order valence-electron chi connectivity index (χ0n) is 11.8. The third-order valence-electron chi connectivity index (χ3n) is 3.06. The summed E-state index contributed by atoms with van der Waals surface area (Å²) in [5.74, 6) is 0.150. The van der Waals surface area contributed by atoms with Gasteiger partial charge in [-0.1, -0.05) is 30.3 Å². The normalized spacial score (nSPS) is 10.1. The lowest BCUT2D eigenvalue weighted by Crippen LogP contribution is -2.14. The number of nitrogen functional groups attached to an aromatic ring is 1. The Balaban J connectivity index is 1.89. The molecule has 0 saturated heterocycles. The van der Waals surface area contributed by atoms with Gasteiger partial charge in [0, 0.05) is 18.4 Å². The van der Waals surface area contributed by atoms with Crippen molar-refractivity contribution in [2.75, 3.05) is 11.1 Å². The first-order valence-corrected chi connectivity index (χ1v) is 6.67. The van der Waals surface area contributed by atoms with Crippen LogP contribution in [-0.2, 0) is 4.79 Å². The van der Waals surface area contributed by atoms with Gasteiger partial charge >= 0.3 is 0 Å². The summed E-state index contributed by atoms with van der Waals surface area (Å²) in [6, 6.07) is 12.3. The number of ketones is 1. The SMILES string of the molecule is Cc1nc(N)ccc1NC(=O)CCC(=O)c1ccccc1. The first-order chi connectivity index (χ1) is 10.1. The number of aromatic nitrogens is 1. The maximum atomic E-state index is 11.9. The largest absolute Gasteiger partial charge is 0.384 e. The molecule has 1 heterocycles. The standard InChI is InChI=1S/C16H17N3O2/c1-11-13(7-9-15(17)18-11)19-16(21)10-8-14(20)12-5-3-2-4-6-12/h2-7,9H,8,10H2,1H3,(H2,17,18)(H,19,21). The Bertz CT molecular complexity index is 654. The first kappa shape index (κ1) is 14.7. The van der Waals surface area contributed by atoms with Crippen LogP contribution < -0.4 is 11.1 Å². The van der Waals surface area contributed by atoms with Gasteiger partial charge in [0.1, 0.15) is 5.82 Å². The number of benzene rings is 1. The van der Waals surface area contributed by atoms with E-state index in [2.05, 4.69) is 10.3 Å². The highest BCUT2D eigenvalue weighted by atomic mass is 16.2. The molecule has 5 nitrogen and oxygen atoms in total. The molecule has 0 aliphatic heterocycles. The summed E-state index contributed by atoms with van der Waals surface area (Å²) in [6.45, 7) is 1.76. The average molecular weight is 283 g/mol. The summed E-state index contributed by atoms with van der Waals surface area (Å²) < 4.78 is 0. The predicted molar refractivity (Wildman–Crippen MR) is 82.0 cm³/mol. The van der Waals surface area contributed by atoms with Crippen LogP contribution >= 0.6 is 0 Å². The molecule has 1 aromatic carbocycles. The fourth-order valence-corrected chi connectivity index (χ4v) is 1.92. The van der Waals surface area contributed by atoms with Crippen molar-refractivity contribution in [1.29, 1.82) is 0 Å². The van der Waals surface area contributed by atoms with Gasteiger partial charge in [-0.15, -0.1) is 0 Å². The number of anilines is 2. The van der Waals surface area contributed by atoms with Gasteiger partial charge in [0.15, 0.2) is 5.78 Å². The molecule has 0 unspecified atom stereocenters. The van der Waals surface area contributed by atoms with Crippen LogP contribution in [0.25, 0.3) is 0 Å². The minimum absolute atomic E-state index is 0.0436. The summed E-state index contributed by atoms with van der Waals surface area (Å²) in [5.41, 5.74) is 7.44. The molecule has 0 fully saturated rings. The monoisotopic (exact) mass is 283 g/mol. The molecule has 21 heavy (non-hydrogen) atoms. The lowest BCUT2D eigenvalue weighted by Gasteiger charge is -2.08. The highest BCUT2D eigenvalue weighted by Gasteiger charge is 2.10. The molecule has 2 aromatic rings. The molecule has 0 saturated carbocycles. The summed E-state index contributed by atoms with van der Waals surface area (Å²) in [5, 5.41) is 2.74. The number of carbonyl (C=O) groups excluding carboxylic acids is 2. The van der Waals surface area contributed by atoms with Crippen molar-refractivity contribution >= 4 is 23.2 Å². The third-order valence-corrected chi connectivity index (χ3v) is 3.06. The quantitative estimate of drug-likeness (QED) is 0.826. The van der Waals surface area contributed by atoms with E-state index in [-0.39, 0.29) is 24.5 Å². The Morgan fingerprint density at radius 2 is 1.81 bits per heavy atom. The molecule has 0 atom stereocenters. The van der Waals surface area contributed by atoms with E-state index in [1.54, 1.807) is 43.3 Å². The lowest BCUT2D eigenvalue weighted by molar-refractivity contribution is -0.116. The lowest BCUT2D eigenvalue weighted by atomic mass is 10.1. The van der Waals surface area contributed by atoms with E-state index in [0.717, 1.165) is 0 Å². The number of Topliss-reactive ketones (excluding diaryl/α,β-unsaturated/α-hetero) is 1. The van der Waals surface area contributed by atoms with Crippen LogP contribution in [0, 0.1) is 6.92 Å². The van der Waals surface area contributed by atoms with E-state index in [1.807, 2.05) is 6.07 Å². The highest BCUT2D eigenvalue weighted by molar-refractivity contribution is 6.00. The van der Waals surface area contributed by atoms with E-state index in [0.29, 0.717) is 22.8 Å². The van der Waals surface area contributed by atoms with Gasteiger partial charge in [-0.3, -0.25) is 9.59 Å². The summed E-state index contributed by atoms with van der Waals surface area (Å²) in [7, 11) is 0. The third kappa shape index (κ3) is 4.14. The molecule has 0 spiro atoms. The molecular formula is C16H17N3O2. The van der Waals surface area contributed by atoms with Gasteiger partial charge in [0.2, 0.25) is 5.91 Å². The van der Waals surface area contributed by atoms with Gasteiger partial charge < -0.3 is 11.1 Å². The molecule has 1 amide bonds. The van der Waals surface area contributed by atoms with Gasteiger partial charge in [-0.2, -0.15) is 0 Å². The minimum Gasteiger partial charge on any atom is -0.384 e. The minimum atomic E-state index is -0.214. The Morgan fingerprint density at radius 1 is 1.10 bits per heavy atom. The molecule has 108 valence electrons. The average Bonchev–Trinajstić information content (AvgIpc) is 2.48. The Labute approximate surface area is 123 Å². The van der Waals surface area contributed by atoms with E-state index in [1.165, 1.54) is 0 Å². The topological polar surface area (TPSA) is 85.1 Å². The maximum Gasteiger partial charge on any atom is 0.224 e. The number of nitrogens with zero attached hydrogens (tertiary/aromatic N) is 1. The number of amides is 1. The van der Waals surface area contributed by atoms with Crippen molar-refractivity contribution in [2.45, 2.75) is 19.8 Å². The number of pyridine rings is 1. The second kappa shape index (κ2) is 6.65. The molecule has 2 rings (SSSR count). The first-order valence-electron chi connectivity index (χ1n) is 6.67. The summed E-state index contributed by atoms with van der Waals surface area (Å²) in [4.78, 5) is 27.8. The van der Waals surface area contributed by atoms with Crippen LogP contribution in [0.4, 0.5) is 11.5 Å². The second-order valence-electron chi connectivity index (χ2n) is 4.71. The zero-order chi connectivity index (χ0) is 15.2. The fraction of sp³-hybridized carbons (Fsp3) is 0.188. The van der Waals surface area contributed by atoms with Crippen LogP contribution in [0.2, 0.25) is 0 Å². The number of carbonyl (C=O) groups is 2. The predicted octanol–water partition coefficient (Wildman–Crippen LogP) is 2.57. The molecule has 5 heteroatoms. The number of nitrogens with two attached hydrogens (primary N) is 1. The maximum absolute atomic E-state index is 11.9.